The second-order valence-corrected chi connectivity index (χ2v) is 13.7. The topological polar surface area (TPSA) is 277 Å². The number of aliphatic hydroxyl groups is 9. The Labute approximate surface area is 291 Å². The van der Waals surface area contributed by atoms with Crippen LogP contribution in [0.2, 0.25) is 0 Å². The van der Waals surface area contributed by atoms with E-state index in [1.54, 1.807) is 20.8 Å². The Morgan fingerprint density at radius 2 is 0.800 bits per heavy atom. The van der Waals surface area contributed by atoms with Gasteiger partial charge < -0.3 is 93.9 Å². The first-order valence-corrected chi connectivity index (χ1v) is 16.9. The Kier molecular flexibility index (Phi) is 18.0. The van der Waals surface area contributed by atoms with Crippen LogP contribution < -0.4 is 5.32 Å². The quantitative estimate of drug-likeness (QED) is 0.0421. The molecule has 3 fully saturated rings. The number of aliphatic hydroxyl groups excluding tert-OH is 9. The molecule has 3 aliphatic heterocycles. The minimum atomic E-state index is -1.29. The van der Waals surface area contributed by atoms with Gasteiger partial charge in [-0.1, -0.05) is 34.6 Å². The van der Waals surface area contributed by atoms with E-state index in [0.29, 0.717) is 0 Å². The minimum Gasteiger partial charge on any atom is -0.394 e. The molecule has 3 rings (SSSR count). The third-order valence-corrected chi connectivity index (χ3v) is 9.24. The highest BCUT2D eigenvalue weighted by Gasteiger charge is 2.45. The Bertz CT molecular complexity index is 840. The first-order chi connectivity index (χ1) is 23.7. The summed E-state index contributed by atoms with van der Waals surface area (Å²) < 4.78 is 51.6. The van der Waals surface area contributed by atoms with Gasteiger partial charge in [0.2, 0.25) is 0 Å². The Balaban J connectivity index is 1.64. The SMILES string of the molecule is CC(C)NC(COCO[C@@H]1OC(CO)[C@H](O)[C@H](O)C1C)(COCO[C@@H]1OC(CO)[C@H](O)[C@H](O)C1C)COCO[C@@H]1OC(CO)[C@H](O)[C@H](O)C1C. The summed E-state index contributed by atoms with van der Waals surface area (Å²) in [5, 5.41) is 93.4. The van der Waals surface area contributed by atoms with Crippen molar-refractivity contribution in [1.82, 2.24) is 5.32 Å². The van der Waals surface area contributed by atoms with E-state index < -0.39 is 117 Å². The van der Waals surface area contributed by atoms with Gasteiger partial charge in [-0.15, -0.1) is 0 Å². The van der Waals surface area contributed by atoms with E-state index in [4.69, 9.17) is 42.6 Å². The first-order valence-electron chi connectivity index (χ1n) is 16.9. The molecule has 19 nitrogen and oxygen atoms in total. The lowest BCUT2D eigenvalue weighted by molar-refractivity contribution is -0.307. The molecule has 0 aromatic rings. The molecule has 15 atom stereocenters. The summed E-state index contributed by atoms with van der Waals surface area (Å²) >= 11 is 0. The van der Waals surface area contributed by atoms with Crippen molar-refractivity contribution >= 4 is 0 Å². The van der Waals surface area contributed by atoms with Crippen molar-refractivity contribution in [2.24, 2.45) is 17.8 Å². The molecule has 3 aliphatic rings. The van der Waals surface area contributed by atoms with Crippen molar-refractivity contribution in [2.75, 3.05) is 60.0 Å². The maximum Gasteiger partial charge on any atom is 0.166 e. The Morgan fingerprint density at radius 3 is 1.04 bits per heavy atom. The average molecular weight is 734 g/mol. The molecule has 0 radical (unpaired) electrons. The lowest BCUT2D eigenvalue weighted by Gasteiger charge is -2.41. The van der Waals surface area contributed by atoms with Crippen LogP contribution in [0.4, 0.5) is 0 Å². The van der Waals surface area contributed by atoms with Crippen LogP contribution in [0.25, 0.3) is 0 Å². The molecular weight excluding hydrogens is 674 g/mol. The van der Waals surface area contributed by atoms with E-state index in [-0.39, 0.29) is 46.2 Å². The van der Waals surface area contributed by atoms with Gasteiger partial charge in [0, 0.05) is 23.8 Å². The van der Waals surface area contributed by atoms with E-state index in [1.165, 1.54) is 0 Å². The maximum absolute atomic E-state index is 10.4. The van der Waals surface area contributed by atoms with Crippen molar-refractivity contribution in [3.63, 3.8) is 0 Å². The number of rotatable bonds is 20. The predicted molar refractivity (Wildman–Crippen MR) is 167 cm³/mol. The van der Waals surface area contributed by atoms with Crippen molar-refractivity contribution in [1.29, 1.82) is 0 Å². The van der Waals surface area contributed by atoms with E-state index in [0.717, 1.165) is 0 Å². The van der Waals surface area contributed by atoms with E-state index in [9.17, 15) is 46.0 Å². The minimum absolute atomic E-state index is 0.0808. The highest BCUT2D eigenvalue weighted by Crippen LogP contribution is 2.29. The fourth-order valence-corrected chi connectivity index (χ4v) is 6.15. The molecule has 0 aromatic heterocycles. The molecule has 0 bridgehead atoms. The van der Waals surface area contributed by atoms with Gasteiger partial charge in [0.05, 0.1) is 63.5 Å². The smallest absolute Gasteiger partial charge is 0.166 e. The number of hydrogen-bond acceptors (Lipinski definition) is 19. The van der Waals surface area contributed by atoms with Crippen LogP contribution in [0.5, 0.6) is 0 Å². The molecule has 0 saturated carbocycles. The highest BCUT2D eigenvalue weighted by molar-refractivity contribution is 4.91. The third-order valence-electron chi connectivity index (χ3n) is 9.24. The molecule has 19 heteroatoms. The van der Waals surface area contributed by atoms with Gasteiger partial charge in [-0.05, 0) is 0 Å². The fraction of sp³-hybridized carbons (Fsp3) is 1.00. The zero-order valence-electron chi connectivity index (χ0n) is 29.3. The third kappa shape index (κ3) is 11.4. The van der Waals surface area contributed by atoms with E-state index in [1.807, 2.05) is 13.8 Å². The van der Waals surface area contributed by atoms with Crippen LogP contribution in [0.15, 0.2) is 0 Å². The molecule has 10 N–H and O–H groups in total. The molecule has 50 heavy (non-hydrogen) atoms. The summed E-state index contributed by atoms with van der Waals surface area (Å²) in [7, 11) is 0. The molecule has 296 valence electrons. The van der Waals surface area contributed by atoms with Gasteiger partial charge in [0.1, 0.15) is 57.0 Å². The van der Waals surface area contributed by atoms with Gasteiger partial charge >= 0.3 is 0 Å². The summed E-state index contributed by atoms with van der Waals surface area (Å²) in [6, 6.07) is -0.135. The highest BCUT2D eigenvalue weighted by atomic mass is 16.8. The second-order valence-electron chi connectivity index (χ2n) is 13.7. The number of ether oxygens (including phenoxy) is 9. The maximum atomic E-state index is 10.4. The largest absolute Gasteiger partial charge is 0.394 e. The summed E-state index contributed by atoms with van der Waals surface area (Å²) in [5.41, 5.74) is -1.09. The lowest BCUT2D eigenvalue weighted by atomic mass is 9.92. The van der Waals surface area contributed by atoms with Gasteiger partial charge in [0.15, 0.2) is 18.9 Å². The van der Waals surface area contributed by atoms with Crippen LogP contribution >= 0.6 is 0 Å². The van der Waals surface area contributed by atoms with E-state index >= 15 is 0 Å². The molecule has 0 aliphatic carbocycles. The Morgan fingerprint density at radius 1 is 0.520 bits per heavy atom. The standard InChI is InChI=1S/C31H59NO18/c1-15(2)32-31(9-42-12-45-28-16(3)22(36)25(39)19(6-33)48-28,10-43-13-46-29-17(4)23(37)26(40)20(7-34)49-29)11-44-14-47-30-18(5)24(38)27(41)21(8-35)50-30/h15-30,32-41H,6-14H2,1-5H3/t16?,17?,18?,19?,20?,21?,22-,23-,24-,25+,26+,27+,28-,29-,30-,31?/m1/s1. The van der Waals surface area contributed by atoms with Crippen molar-refractivity contribution in [3.8, 4) is 0 Å². The normalized spacial score (nSPS) is 41.0. The fourth-order valence-electron chi connectivity index (χ4n) is 6.15. The molecule has 0 amide bonds. The van der Waals surface area contributed by atoms with Gasteiger partial charge in [-0.3, -0.25) is 0 Å². The van der Waals surface area contributed by atoms with Crippen molar-refractivity contribution in [2.45, 2.75) is 120 Å². The van der Waals surface area contributed by atoms with Gasteiger partial charge in [0.25, 0.3) is 0 Å². The van der Waals surface area contributed by atoms with Crippen LogP contribution in [0, 0.1) is 17.8 Å². The second kappa shape index (κ2) is 20.6. The lowest BCUT2D eigenvalue weighted by Crippen LogP contribution is -2.59. The van der Waals surface area contributed by atoms with Crippen LogP contribution in [-0.2, 0) is 42.6 Å². The summed E-state index contributed by atoms with van der Waals surface area (Å²) in [6.07, 6.45) is -13.6. The molecule has 0 spiro atoms. The molecule has 0 aromatic carbocycles. The number of hydrogen-bond donors (Lipinski definition) is 10. The summed E-state index contributed by atoms with van der Waals surface area (Å²) in [4.78, 5) is 0. The van der Waals surface area contributed by atoms with Crippen molar-refractivity contribution in [3.05, 3.63) is 0 Å². The van der Waals surface area contributed by atoms with Gasteiger partial charge in [-0.2, -0.15) is 0 Å². The predicted octanol–water partition coefficient (Wildman–Crippen LogP) is -4.08. The zero-order chi connectivity index (χ0) is 37.2. The first kappa shape index (κ1) is 43.6. The van der Waals surface area contributed by atoms with Crippen LogP contribution in [0.3, 0.4) is 0 Å². The molecule has 3 saturated heterocycles. The summed E-state index contributed by atoms with van der Waals surface area (Å²) in [5.74, 6) is -1.92. The van der Waals surface area contributed by atoms with E-state index in [2.05, 4.69) is 5.32 Å². The average Bonchev–Trinajstić information content (AvgIpc) is 3.09. The number of nitrogens with one attached hydrogen (secondary N) is 1. The Hall–Kier alpha value is -0.760. The summed E-state index contributed by atoms with van der Waals surface area (Å²) in [6.45, 7) is 5.85. The molecule has 6 unspecified atom stereocenters. The van der Waals surface area contributed by atoms with Gasteiger partial charge in [-0.25, -0.2) is 0 Å². The molecular formula is C31H59NO18. The molecule has 3 heterocycles. The zero-order valence-corrected chi connectivity index (χ0v) is 29.3. The monoisotopic (exact) mass is 733 g/mol. The van der Waals surface area contributed by atoms with Crippen LogP contribution in [-0.4, -0.2) is 191 Å². The van der Waals surface area contributed by atoms with Crippen molar-refractivity contribution < 1.29 is 88.6 Å². The van der Waals surface area contributed by atoms with Crippen LogP contribution in [0.1, 0.15) is 34.6 Å².